The molecule has 0 aromatic carbocycles. The second kappa shape index (κ2) is 5.69. The first-order valence-electron chi connectivity index (χ1n) is 5.65. The van der Waals surface area contributed by atoms with Crippen molar-refractivity contribution in [3.63, 3.8) is 0 Å². The normalized spacial score (nSPS) is 23.4. The average Bonchev–Trinajstić information content (AvgIpc) is 2.20. The molecule has 1 fully saturated rings. The Balaban J connectivity index is 2.37. The molecule has 0 bridgehead atoms. The Morgan fingerprint density at radius 3 is 2.50 bits per heavy atom. The Kier molecular flexibility index (Phi) is 4.85. The second-order valence-corrected chi connectivity index (χ2v) is 4.58. The molecule has 1 N–H and O–H groups in total. The highest BCUT2D eigenvalue weighted by Gasteiger charge is 2.25. The molecule has 0 spiro atoms. The Labute approximate surface area is 87.8 Å². The van der Waals surface area contributed by atoms with Crippen LogP contribution in [0.4, 0.5) is 0 Å². The highest BCUT2D eigenvalue weighted by atomic mass is 16.5. The molecule has 1 unspecified atom stereocenters. The van der Waals surface area contributed by atoms with E-state index in [1.165, 1.54) is 13.0 Å². The summed E-state index contributed by atoms with van der Waals surface area (Å²) in [5, 5.41) is 3.29. The van der Waals surface area contributed by atoms with Crippen molar-refractivity contribution in [2.75, 3.05) is 46.4 Å². The molecule has 0 amide bonds. The predicted octanol–water partition coefficient (Wildman–Crippen LogP) is 0.954. The number of morpholine rings is 1. The summed E-state index contributed by atoms with van der Waals surface area (Å²) in [5.74, 6) is 0. The van der Waals surface area contributed by atoms with Crippen LogP contribution in [0.15, 0.2) is 0 Å². The van der Waals surface area contributed by atoms with Crippen LogP contribution in [-0.4, -0.2) is 51.3 Å². The van der Waals surface area contributed by atoms with Crippen LogP contribution in [-0.2, 0) is 4.74 Å². The van der Waals surface area contributed by atoms with Gasteiger partial charge in [-0.05, 0) is 18.9 Å². The number of rotatable bonds is 5. The molecule has 3 nitrogen and oxygen atoms in total. The van der Waals surface area contributed by atoms with Crippen molar-refractivity contribution in [3.05, 3.63) is 0 Å². The summed E-state index contributed by atoms with van der Waals surface area (Å²) in [6, 6.07) is 0. The van der Waals surface area contributed by atoms with E-state index in [0.717, 1.165) is 32.8 Å². The van der Waals surface area contributed by atoms with Crippen molar-refractivity contribution < 1.29 is 4.74 Å². The van der Waals surface area contributed by atoms with Gasteiger partial charge in [-0.15, -0.1) is 0 Å². The van der Waals surface area contributed by atoms with Crippen LogP contribution in [0.25, 0.3) is 0 Å². The zero-order valence-corrected chi connectivity index (χ0v) is 9.81. The lowest BCUT2D eigenvalue weighted by Crippen LogP contribution is -2.45. The first-order valence-corrected chi connectivity index (χ1v) is 5.65. The maximum absolute atomic E-state index is 5.35. The third-order valence-electron chi connectivity index (χ3n) is 3.17. The summed E-state index contributed by atoms with van der Waals surface area (Å²) in [7, 11) is 2.03. The molecule has 3 heteroatoms. The molecular formula is C11H24N2O. The monoisotopic (exact) mass is 200 g/mol. The molecule has 84 valence electrons. The van der Waals surface area contributed by atoms with Crippen LogP contribution in [0, 0.1) is 5.41 Å². The molecule has 0 aliphatic carbocycles. The fraction of sp³-hybridized carbons (Fsp3) is 1.00. The molecule has 1 aliphatic rings. The van der Waals surface area contributed by atoms with Crippen LogP contribution >= 0.6 is 0 Å². The molecule has 0 aromatic rings. The molecule has 0 aromatic heterocycles. The van der Waals surface area contributed by atoms with Gasteiger partial charge in [-0.2, -0.15) is 0 Å². The Hall–Kier alpha value is -0.120. The molecule has 1 rings (SSSR count). The highest BCUT2D eigenvalue weighted by Crippen LogP contribution is 2.21. The fourth-order valence-electron chi connectivity index (χ4n) is 2.02. The first-order chi connectivity index (χ1) is 6.70. The number of nitrogens with zero attached hydrogens (tertiary/aromatic N) is 1. The minimum absolute atomic E-state index is 0.409. The van der Waals surface area contributed by atoms with E-state index in [1.807, 2.05) is 7.05 Å². The minimum atomic E-state index is 0.409. The standard InChI is InChI=1S/C11H24N2O/c1-4-11(2,9-12-3)10-13-5-7-14-8-6-13/h12H,4-10H2,1-3H3. The summed E-state index contributed by atoms with van der Waals surface area (Å²) >= 11 is 0. The Morgan fingerprint density at radius 2 is 2.00 bits per heavy atom. The lowest BCUT2D eigenvalue weighted by molar-refractivity contribution is 0.0182. The van der Waals surface area contributed by atoms with Gasteiger partial charge in [0.1, 0.15) is 0 Å². The average molecular weight is 200 g/mol. The van der Waals surface area contributed by atoms with Crippen molar-refractivity contribution in [1.82, 2.24) is 10.2 Å². The van der Waals surface area contributed by atoms with Crippen LogP contribution in [0.1, 0.15) is 20.3 Å². The quantitative estimate of drug-likeness (QED) is 0.715. The molecular weight excluding hydrogens is 176 g/mol. The van der Waals surface area contributed by atoms with Gasteiger partial charge in [0.05, 0.1) is 13.2 Å². The van der Waals surface area contributed by atoms with E-state index in [9.17, 15) is 0 Å². The van der Waals surface area contributed by atoms with Crippen LogP contribution in [0.3, 0.4) is 0 Å². The third-order valence-corrected chi connectivity index (χ3v) is 3.17. The molecule has 0 radical (unpaired) electrons. The first kappa shape index (κ1) is 12.0. The van der Waals surface area contributed by atoms with Crippen molar-refractivity contribution in [2.45, 2.75) is 20.3 Å². The van der Waals surface area contributed by atoms with E-state index in [2.05, 4.69) is 24.1 Å². The van der Waals surface area contributed by atoms with Crippen molar-refractivity contribution in [3.8, 4) is 0 Å². The second-order valence-electron chi connectivity index (χ2n) is 4.58. The molecule has 1 heterocycles. The molecule has 1 aliphatic heterocycles. The number of nitrogens with one attached hydrogen (secondary N) is 1. The zero-order valence-electron chi connectivity index (χ0n) is 9.81. The Bertz CT molecular complexity index is 157. The molecule has 14 heavy (non-hydrogen) atoms. The van der Waals surface area contributed by atoms with Crippen molar-refractivity contribution >= 4 is 0 Å². The molecule has 1 saturated heterocycles. The zero-order chi connectivity index (χ0) is 10.4. The van der Waals surface area contributed by atoms with Crippen molar-refractivity contribution in [1.29, 1.82) is 0 Å². The van der Waals surface area contributed by atoms with Gasteiger partial charge in [-0.25, -0.2) is 0 Å². The van der Waals surface area contributed by atoms with Gasteiger partial charge in [0.25, 0.3) is 0 Å². The van der Waals surface area contributed by atoms with Crippen LogP contribution < -0.4 is 5.32 Å². The molecule has 1 atom stereocenters. The lowest BCUT2D eigenvalue weighted by atomic mass is 9.86. The van der Waals surface area contributed by atoms with Crippen LogP contribution in [0.5, 0.6) is 0 Å². The number of ether oxygens (including phenoxy) is 1. The van der Waals surface area contributed by atoms with Gasteiger partial charge in [0.2, 0.25) is 0 Å². The van der Waals surface area contributed by atoms with E-state index in [-0.39, 0.29) is 0 Å². The molecule has 0 saturated carbocycles. The highest BCUT2D eigenvalue weighted by molar-refractivity contribution is 4.79. The smallest absolute Gasteiger partial charge is 0.0594 e. The number of hydrogen-bond acceptors (Lipinski definition) is 3. The Morgan fingerprint density at radius 1 is 1.36 bits per heavy atom. The van der Waals surface area contributed by atoms with Gasteiger partial charge in [0.15, 0.2) is 0 Å². The lowest BCUT2D eigenvalue weighted by Gasteiger charge is -2.36. The SMILES string of the molecule is CCC(C)(CNC)CN1CCOCC1. The van der Waals surface area contributed by atoms with Gasteiger partial charge in [-0.1, -0.05) is 13.8 Å². The van der Waals surface area contributed by atoms with Gasteiger partial charge >= 0.3 is 0 Å². The van der Waals surface area contributed by atoms with E-state index >= 15 is 0 Å². The summed E-state index contributed by atoms with van der Waals surface area (Å²) in [6.07, 6.45) is 1.23. The third kappa shape index (κ3) is 3.56. The fourth-order valence-corrected chi connectivity index (χ4v) is 2.02. The topological polar surface area (TPSA) is 24.5 Å². The maximum Gasteiger partial charge on any atom is 0.0594 e. The summed E-state index contributed by atoms with van der Waals surface area (Å²) in [5.41, 5.74) is 0.409. The van der Waals surface area contributed by atoms with Gasteiger partial charge in [-0.3, -0.25) is 4.90 Å². The summed E-state index contributed by atoms with van der Waals surface area (Å²) < 4.78 is 5.35. The van der Waals surface area contributed by atoms with E-state index < -0.39 is 0 Å². The predicted molar refractivity (Wildman–Crippen MR) is 59.6 cm³/mol. The van der Waals surface area contributed by atoms with Crippen LogP contribution in [0.2, 0.25) is 0 Å². The van der Waals surface area contributed by atoms with E-state index in [4.69, 9.17) is 4.74 Å². The van der Waals surface area contributed by atoms with Gasteiger partial charge < -0.3 is 10.1 Å². The van der Waals surface area contributed by atoms with Crippen molar-refractivity contribution in [2.24, 2.45) is 5.41 Å². The minimum Gasteiger partial charge on any atom is -0.379 e. The maximum atomic E-state index is 5.35. The van der Waals surface area contributed by atoms with E-state index in [0.29, 0.717) is 5.41 Å². The summed E-state index contributed by atoms with van der Waals surface area (Å²) in [6.45, 7) is 10.9. The largest absolute Gasteiger partial charge is 0.379 e. The number of hydrogen-bond donors (Lipinski definition) is 1. The van der Waals surface area contributed by atoms with E-state index in [1.54, 1.807) is 0 Å². The van der Waals surface area contributed by atoms with Gasteiger partial charge in [0, 0.05) is 26.2 Å². The summed E-state index contributed by atoms with van der Waals surface area (Å²) in [4.78, 5) is 2.52.